The lowest BCUT2D eigenvalue weighted by molar-refractivity contribution is 1.06. The molecule has 12 rings (SSSR count). The van der Waals surface area contributed by atoms with Crippen molar-refractivity contribution < 1.29 is 0 Å². The molecule has 4 aromatic heterocycles. The number of fused-ring (bicyclic) bond motifs is 10. The van der Waals surface area contributed by atoms with Crippen LogP contribution in [0.2, 0.25) is 0 Å². The average molecular weight is 727 g/mol. The molecule has 0 N–H and O–H groups in total. The summed E-state index contributed by atoms with van der Waals surface area (Å²) in [6.07, 6.45) is 0. The van der Waals surface area contributed by atoms with E-state index in [4.69, 9.17) is 4.98 Å². The highest BCUT2D eigenvalue weighted by molar-refractivity contribution is 6.24. The Labute approximate surface area is 328 Å². The first-order valence-corrected chi connectivity index (χ1v) is 19.5. The van der Waals surface area contributed by atoms with Gasteiger partial charge in [-0.15, -0.1) is 0 Å². The molecular weight excluding hydrogens is 693 g/mol. The van der Waals surface area contributed by atoms with E-state index >= 15 is 0 Å². The highest BCUT2D eigenvalue weighted by Crippen LogP contribution is 2.43. The zero-order valence-corrected chi connectivity index (χ0v) is 30.9. The lowest BCUT2D eigenvalue weighted by atomic mass is 10.1. The molecule has 0 amide bonds. The molecule has 8 aromatic carbocycles. The Morgan fingerprint density at radius 2 is 0.737 bits per heavy atom. The first-order valence-electron chi connectivity index (χ1n) is 19.5. The van der Waals surface area contributed by atoms with Crippen LogP contribution < -0.4 is 0 Å². The van der Waals surface area contributed by atoms with Crippen LogP contribution in [-0.2, 0) is 0 Å². The van der Waals surface area contributed by atoms with Crippen molar-refractivity contribution in [1.29, 1.82) is 0 Å². The fourth-order valence-electron chi connectivity index (χ4n) is 9.17. The normalized spacial score (nSPS) is 11.9. The van der Waals surface area contributed by atoms with Crippen LogP contribution in [-0.4, -0.2) is 18.7 Å². The molecule has 0 fully saturated rings. The van der Waals surface area contributed by atoms with E-state index in [-0.39, 0.29) is 0 Å². The standard InChI is InChI=1S/C53H34N4/c1-3-16-35(17-4-1)37-20-15-21-38(32-37)56-49-28-13-9-24-42(49)44-30-31-45-43-25-10-14-29-50(43)57(53(45)52(44)56)51-34-39(33-46(54-51)36-18-5-2-6-19-36)55-47-26-11-7-22-40(47)41-23-8-12-27-48(41)55/h1-34H. The van der Waals surface area contributed by atoms with Gasteiger partial charge in [0.25, 0.3) is 0 Å². The maximum Gasteiger partial charge on any atom is 0.140 e. The maximum atomic E-state index is 5.57. The Balaban J connectivity index is 1.23. The molecule has 0 aliphatic carbocycles. The number of hydrogen-bond acceptors (Lipinski definition) is 1. The van der Waals surface area contributed by atoms with Gasteiger partial charge in [0.15, 0.2) is 0 Å². The summed E-state index contributed by atoms with van der Waals surface area (Å²) < 4.78 is 7.27. The van der Waals surface area contributed by atoms with Gasteiger partial charge in [-0.05, 0) is 53.6 Å². The molecule has 0 aliphatic heterocycles. The molecule has 0 saturated heterocycles. The summed E-state index contributed by atoms with van der Waals surface area (Å²) in [5.41, 5.74) is 13.4. The Morgan fingerprint density at radius 1 is 0.281 bits per heavy atom. The van der Waals surface area contributed by atoms with E-state index in [1.165, 1.54) is 49.0 Å². The topological polar surface area (TPSA) is 27.7 Å². The second-order valence-electron chi connectivity index (χ2n) is 14.8. The van der Waals surface area contributed by atoms with Crippen molar-refractivity contribution in [3.05, 3.63) is 206 Å². The Kier molecular flexibility index (Phi) is 6.89. The summed E-state index contributed by atoms with van der Waals surface area (Å²) in [7, 11) is 0. The zero-order chi connectivity index (χ0) is 37.5. The largest absolute Gasteiger partial charge is 0.309 e. The molecule has 0 bridgehead atoms. The Morgan fingerprint density at radius 3 is 1.33 bits per heavy atom. The monoisotopic (exact) mass is 726 g/mol. The highest BCUT2D eigenvalue weighted by Gasteiger charge is 2.23. The predicted molar refractivity (Wildman–Crippen MR) is 238 cm³/mol. The first kappa shape index (κ1) is 31.6. The third-order valence-corrected chi connectivity index (χ3v) is 11.6. The van der Waals surface area contributed by atoms with E-state index in [1.807, 2.05) is 0 Å². The number of para-hydroxylation sites is 4. The van der Waals surface area contributed by atoms with Gasteiger partial charge in [-0.2, -0.15) is 0 Å². The molecule has 266 valence electrons. The lowest BCUT2D eigenvalue weighted by Gasteiger charge is -2.16. The van der Waals surface area contributed by atoms with Crippen molar-refractivity contribution in [2.75, 3.05) is 0 Å². The quantitative estimate of drug-likeness (QED) is 0.174. The summed E-state index contributed by atoms with van der Waals surface area (Å²) in [6, 6.07) is 74.3. The number of rotatable bonds is 5. The maximum absolute atomic E-state index is 5.57. The van der Waals surface area contributed by atoms with Crippen molar-refractivity contribution in [3.63, 3.8) is 0 Å². The Bertz CT molecular complexity index is 3460. The Hall–Kier alpha value is -7.69. The van der Waals surface area contributed by atoms with Gasteiger partial charge in [0.05, 0.1) is 44.5 Å². The number of nitrogens with zero attached hydrogens (tertiary/aromatic N) is 4. The molecule has 57 heavy (non-hydrogen) atoms. The fraction of sp³-hybridized carbons (Fsp3) is 0. The number of benzene rings is 8. The highest BCUT2D eigenvalue weighted by atomic mass is 15.1. The smallest absolute Gasteiger partial charge is 0.140 e. The van der Waals surface area contributed by atoms with E-state index in [1.54, 1.807) is 0 Å². The van der Waals surface area contributed by atoms with Gasteiger partial charge >= 0.3 is 0 Å². The third kappa shape index (κ3) is 4.77. The second kappa shape index (κ2) is 12.4. The second-order valence-corrected chi connectivity index (χ2v) is 14.8. The van der Waals surface area contributed by atoms with Gasteiger partial charge < -0.3 is 9.13 Å². The minimum Gasteiger partial charge on any atom is -0.309 e. The predicted octanol–water partition coefficient (Wildman–Crippen LogP) is 13.7. The summed E-state index contributed by atoms with van der Waals surface area (Å²) in [5, 5.41) is 7.26. The van der Waals surface area contributed by atoms with E-state index in [9.17, 15) is 0 Å². The number of hydrogen-bond donors (Lipinski definition) is 0. The van der Waals surface area contributed by atoms with E-state index in [0.717, 1.165) is 56.0 Å². The van der Waals surface area contributed by atoms with Crippen LogP contribution in [0, 0.1) is 0 Å². The van der Waals surface area contributed by atoms with Crippen LogP contribution in [0.1, 0.15) is 0 Å². The van der Waals surface area contributed by atoms with Gasteiger partial charge in [0, 0.05) is 49.6 Å². The molecule has 0 unspecified atom stereocenters. The summed E-state index contributed by atoms with van der Waals surface area (Å²) in [6.45, 7) is 0. The van der Waals surface area contributed by atoms with Gasteiger partial charge in [-0.25, -0.2) is 4.98 Å². The van der Waals surface area contributed by atoms with Crippen molar-refractivity contribution in [3.8, 4) is 39.6 Å². The number of pyridine rings is 1. The minimum atomic E-state index is 0.863. The van der Waals surface area contributed by atoms with Gasteiger partial charge in [0.2, 0.25) is 0 Å². The SMILES string of the molecule is c1ccc(-c2cccc(-n3c4ccccc4c4ccc5c6ccccc6n(-c6cc(-n7c8ccccc8c8ccccc87)cc(-c7ccccc7)n6)c5c43)c2)cc1. The fourth-order valence-corrected chi connectivity index (χ4v) is 9.17. The van der Waals surface area contributed by atoms with Crippen LogP contribution in [0.15, 0.2) is 206 Å². The van der Waals surface area contributed by atoms with Crippen LogP contribution in [0.4, 0.5) is 0 Å². The molecule has 0 atom stereocenters. The molecule has 4 heteroatoms. The molecule has 0 radical (unpaired) electrons. The minimum absolute atomic E-state index is 0.863. The molecule has 12 aromatic rings. The third-order valence-electron chi connectivity index (χ3n) is 11.6. The zero-order valence-electron chi connectivity index (χ0n) is 30.9. The molecule has 0 spiro atoms. The summed E-state index contributed by atoms with van der Waals surface area (Å²) >= 11 is 0. The van der Waals surface area contributed by atoms with Crippen molar-refractivity contribution in [2.24, 2.45) is 0 Å². The summed E-state index contributed by atoms with van der Waals surface area (Å²) in [4.78, 5) is 5.57. The van der Waals surface area contributed by atoms with E-state index in [2.05, 4.69) is 220 Å². The van der Waals surface area contributed by atoms with Gasteiger partial charge in [-0.1, -0.05) is 158 Å². The summed E-state index contributed by atoms with van der Waals surface area (Å²) in [5.74, 6) is 0.863. The van der Waals surface area contributed by atoms with Crippen LogP contribution in [0.25, 0.3) is 105 Å². The van der Waals surface area contributed by atoms with Gasteiger partial charge in [-0.3, -0.25) is 4.57 Å². The van der Waals surface area contributed by atoms with Crippen molar-refractivity contribution >= 4 is 65.4 Å². The van der Waals surface area contributed by atoms with E-state index < -0.39 is 0 Å². The number of aromatic nitrogens is 4. The molecule has 4 heterocycles. The molecule has 0 aliphatic rings. The van der Waals surface area contributed by atoms with Crippen LogP contribution >= 0.6 is 0 Å². The van der Waals surface area contributed by atoms with Crippen molar-refractivity contribution in [1.82, 2.24) is 18.7 Å². The van der Waals surface area contributed by atoms with Crippen LogP contribution in [0.5, 0.6) is 0 Å². The van der Waals surface area contributed by atoms with Crippen molar-refractivity contribution in [2.45, 2.75) is 0 Å². The first-order chi connectivity index (χ1) is 28.3. The molecular formula is C53H34N4. The van der Waals surface area contributed by atoms with Gasteiger partial charge in [0.1, 0.15) is 5.82 Å². The lowest BCUT2D eigenvalue weighted by Crippen LogP contribution is -2.04. The van der Waals surface area contributed by atoms with E-state index in [0.29, 0.717) is 0 Å². The van der Waals surface area contributed by atoms with Crippen LogP contribution in [0.3, 0.4) is 0 Å². The average Bonchev–Trinajstić information content (AvgIpc) is 3.93. The molecule has 0 saturated carbocycles. The molecule has 4 nitrogen and oxygen atoms in total.